The molecule has 1 aliphatic heterocycles. The van der Waals surface area contributed by atoms with Crippen LogP contribution in [0.2, 0.25) is 0 Å². The zero-order chi connectivity index (χ0) is 11.5. The lowest BCUT2D eigenvalue weighted by Gasteiger charge is -2.32. The van der Waals surface area contributed by atoms with Gasteiger partial charge in [0.25, 0.3) is 5.91 Å². The summed E-state index contributed by atoms with van der Waals surface area (Å²) >= 11 is 0. The number of nitrogens with two attached hydrogens (primary N) is 1. The average molecular weight is 224 g/mol. The lowest BCUT2D eigenvalue weighted by Crippen LogP contribution is -2.48. The first-order valence-corrected chi connectivity index (χ1v) is 5.33. The number of amides is 1. The summed E-state index contributed by atoms with van der Waals surface area (Å²) in [4.78, 5) is 13.9. The number of nitrogens with one attached hydrogen (secondary N) is 1. The van der Waals surface area contributed by atoms with E-state index in [0.29, 0.717) is 31.8 Å². The molecule has 3 N–H and O–H groups in total. The summed E-state index contributed by atoms with van der Waals surface area (Å²) in [5.74, 6) is -0.00648. The lowest BCUT2D eigenvalue weighted by molar-refractivity contribution is -0.0167. The highest BCUT2D eigenvalue weighted by molar-refractivity contribution is 5.95. The van der Waals surface area contributed by atoms with E-state index in [1.54, 1.807) is 11.1 Å². The molecule has 1 aliphatic rings. The Morgan fingerprint density at radius 1 is 1.81 bits per heavy atom. The number of ether oxygens (including phenoxy) is 1. The molecule has 0 saturated carbocycles. The number of aromatic nitrogens is 2. The van der Waals surface area contributed by atoms with Crippen LogP contribution in [0.1, 0.15) is 16.1 Å². The van der Waals surface area contributed by atoms with Crippen LogP contribution in [-0.2, 0) is 4.74 Å². The van der Waals surface area contributed by atoms with E-state index in [1.165, 1.54) is 0 Å². The molecular formula is C10H16N4O2. The van der Waals surface area contributed by atoms with Crippen molar-refractivity contribution in [3.05, 3.63) is 17.5 Å². The minimum atomic E-state index is -0.0510. The largest absolute Gasteiger partial charge is 0.373 e. The van der Waals surface area contributed by atoms with Gasteiger partial charge in [-0.1, -0.05) is 0 Å². The molecule has 88 valence electrons. The zero-order valence-electron chi connectivity index (χ0n) is 9.27. The maximum Gasteiger partial charge on any atom is 0.257 e. The Morgan fingerprint density at radius 3 is 3.25 bits per heavy atom. The van der Waals surface area contributed by atoms with Crippen molar-refractivity contribution in [2.45, 2.75) is 13.0 Å². The standard InChI is InChI=1S/C10H16N4O2/c1-7-9(5-12-13-7)10(15)14-2-3-16-8(4-11)6-14/h5,8H,2-4,6,11H2,1H3,(H,12,13). The number of morpholine rings is 1. The topological polar surface area (TPSA) is 84.2 Å². The highest BCUT2D eigenvalue weighted by Crippen LogP contribution is 2.11. The highest BCUT2D eigenvalue weighted by atomic mass is 16.5. The van der Waals surface area contributed by atoms with E-state index in [2.05, 4.69) is 10.2 Å². The first-order chi connectivity index (χ1) is 7.72. The Kier molecular flexibility index (Phi) is 3.21. The molecule has 6 heteroatoms. The number of carbonyl (C=O) groups excluding carboxylic acids is 1. The third-order valence-corrected chi connectivity index (χ3v) is 2.75. The summed E-state index contributed by atoms with van der Waals surface area (Å²) in [6.45, 7) is 3.99. The van der Waals surface area contributed by atoms with Gasteiger partial charge in [0, 0.05) is 25.3 Å². The van der Waals surface area contributed by atoms with E-state index < -0.39 is 0 Å². The summed E-state index contributed by atoms with van der Waals surface area (Å²) in [5, 5.41) is 6.61. The van der Waals surface area contributed by atoms with E-state index in [0.717, 1.165) is 5.69 Å². The molecule has 0 spiro atoms. The van der Waals surface area contributed by atoms with Gasteiger partial charge in [-0.25, -0.2) is 0 Å². The van der Waals surface area contributed by atoms with Crippen LogP contribution >= 0.6 is 0 Å². The van der Waals surface area contributed by atoms with Crippen LogP contribution in [0.15, 0.2) is 6.20 Å². The van der Waals surface area contributed by atoms with Crippen LogP contribution in [0, 0.1) is 6.92 Å². The minimum Gasteiger partial charge on any atom is -0.373 e. The third-order valence-electron chi connectivity index (χ3n) is 2.75. The van der Waals surface area contributed by atoms with Gasteiger partial charge in [0.2, 0.25) is 0 Å². The summed E-state index contributed by atoms with van der Waals surface area (Å²) in [6, 6.07) is 0. The molecule has 1 aromatic rings. The van der Waals surface area contributed by atoms with E-state index >= 15 is 0 Å². The van der Waals surface area contributed by atoms with Gasteiger partial charge in [0.15, 0.2) is 0 Å². The van der Waals surface area contributed by atoms with E-state index in [-0.39, 0.29) is 12.0 Å². The summed E-state index contributed by atoms with van der Waals surface area (Å²) in [5.41, 5.74) is 6.95. The van der Waals surface area contributed by atoms with Crippen LogP contribution in [0.4, 0.5) is 0 Å². The van der Waals surface area contributed by atoms with Crippen molar-refractivity contribution in [3.8, 4) is 0 Å². The molecule has 0 radical (unpaired) electrons. The summed E-state index contributed by atoms with van der Waals surface area (Å²) < 4.78 is 5.41. The zero-order valence-corrected chi connectivity index (χ0v) is 9.27. The Hall–Kier alpha value is -1.40. The highest BCUT2D eigenvalue weighted by Gasteiger charge is 2.25. The van der Waals surface area contributed by atoms with E-state index in [4.69, 9.17) is 10.5 Å². The number of carbonyl (C=O) groups is 1. The number of hydrogen-bond donors (Lipinski definition) is 2. The minimum absolute atomic E-state index is 0.00648. The van der Waals surface area contributed by atoms with Crippen molar-refractivity contribution < 1.29 is 9.53 Å². The summed E-state index contributed by atoms with van der Waals surface area (Å²) in [6.07, 6.45) is 1.51. The first-order valence-electron chi connectivity index (χ1n) is 5.33. The van der Waals surface area contributed by atoms with Crippen LogP contribution in [0.5, 0.6) is 0 Å². The molecular weight excluding hydrogens is 208 g/mol. The van der Waals surface area contributed by atoms with Gasteiger partial charge in [0.1, 0.15) is 0 Å². The van der Waals surface area contributed by atoms with Crippen LogP contribution < -0.4 is 5.73 Å². The second kappa shape index (κ2) is 4.63. The van der Waals surface area contributed by atoms with Crippen molar-refractivity contribution in [2.24, 2.45) is 5.73 Å². The van der Waals surface area contributed by atoms with Crippen molar-refractivity contribution in [1.29, 1.82) is 0 Å². The molecule has 1 atom stereocenters. The van der Waals surface area contributed by atoms with Crippen LogP contribution in [-0.4, -0.2) is 53.3 Å². The average Bonchev–Trinajstić information content (AvgIpc) is 2.74. The maximum atomic E-state index is 12.1. The SMILES string of the molecule is Cc1[nH]ncc1C(=O)N1CCOC(CN)C1. The predicted octanol–water partition coefficient (Wildman–Crippen LogP) is -0.482. The van der Waals surface area contributed by atoms with Gasteiger partial charge >= 0.3 is 0 Å². The Labute approximate surface area is 93.8 Å². The van der Waals surface area contributed by atoms with Crippen LogP contribution in [0.25, 0.3) is 0 Å². The van der Waals surface area contributed by atoms with Crippen molar-refractivity contribution >= 4 is 5.91 Å². The molecule has 1 unspecified atom stereocenters. The molecule has 1 saturated heterocycles. The second-order valence-electron chi connectivity index (χ2n) is 3.89. The van der Waals surface area contributed by atoms with Crippen molar-refractivity contribution in [3.63, 3.8) is 0 Å². The van der Waals surface area contributed by atoms with Gasteiger partial charge in [-0.2, -0.15) is 5.10 Å². The van der Waals surface area contributed by atoms with E-state index in [9.17, 15) is 4.79 Å². The van der Waals surface area contributed by atoms with Crippen LogP contribution in [0.3, 0.4) is 0 Å². The van der Waals surface area contributed by atoms with Crippen molar-refractivity contribution in [1.82, 2.24) is 15.1 Å². The molecule has 1 amide bonds. The third kappa shape index (κ3) is 2.07. The monoisotopic (exact) mass is 224 g/mol. The number of aromatic amines is 1. The Balaban J connectivity index is 2.07. The smallest absolute Gasteiger partial charge is 0.257 e. The van der Waals surface area contributed by atoms with Crippen molar-refractivity contribution in [2.75, 3.05) is 26.2 Å². The molecule has 1 aromatic heterocycles. The number of aryl methyl sites for hydroxylation is 1. The Morgan fingerprint density at radius 2 is 2.62 bits per heavy atom. The second-order valence-corrected chi connectivity index (χ2v) is 3.89. The molecule has 6 nitrogen and oxygen atoms in total. The molecule has 0 aliphatic carbocycles. The fourth-order valence-corrected chi connectivity index (χ4v) is 1.78. The fraction of sp³-hybridized carbons (Fsp3) is 0.600. The van der Waals surface area contributed by atoms with Gasteiger partial charge < -0.3 is 15.4 Å². The van der Waals surface area contributed by atoms with Gasteiger partial charge in [-0.15, -0.1) is 0 Å². The number of rotatable bonds is 2. The predicted molar refractivity (Wildman–Crippen MR) is 58.0 cm³/mol. The molecule has 1 fully saturated rings. The molecule has 0 aromatic carbocycles. The normalized spacial score (nSPS) is 21.1. The molecule has 16 heavy (non-hydrogen) atoms. The lowest BCUT2D eigenvalue weighted by atomic mass is 10.2. The Bertz CT molecular complexity index is 377. The van der Waals surface area contributed by atoms with Gasteiger partial charge in [-0.05, 0) is 6.92 Å². The first kappa shape index (κ1) is 11.1. The maximum absolute atomic E-state index is 12.1. The quantitative estimate of drug-likeness (QED) is 0.710. The summed E-state index contributed by atoms with van der Waals surface area (Å²) in [7, 11) is 0. The van der Waals surface area contributed by atoms with Gasteiger partial charge in [0.05, 0.1) is 24.5 Å². The molecule has 0 bridgehead atoms. The number of nitrogens with zero attached hydrogens (tertiary/aromatic N) is 2. The number of H-pyrrole nitrogens is 1. The fourth-order valence-electron chi connectivity index (χ4n) is 1.78. The number of hydrogen-bond acceptors (Lipinski definition) is 4. The van der Waals surface area contributed by atoms with E-state index in [1.807, 2.05) is 6.92 Å². The molecule has 2 rings (SSSR count). The van der Waals surface area contributed by atoms with Gasteiger partial charge in [-0.3, -0.25) is 9.89 Å². The molecule has 2 heterocycles.